The van der Waals surface area contributed by atoms with Gasteiger partial charge >= 0.3 is 0 Å². The summed E-state index contributed by atoms with van der Waals surface area (Å²) >= 11 is 0. The predicted octanol–water partition coefficient (Wildman–Crippen LogP) is 1.83. The third-order valence-electron chi connectivity index (χ3n) is 4.36. The number of nitrogens with one attached hydrogen (secondary N) is 1. The van der Waals surface area contributed by atoms with Gasteiger partial charge in [-0.2, -0.15) is 0 Å². The predicted molar refractivity (Wildman–Crippen MR) is 73.3 cm³/mol. The Morgan fingerprint density at radius 1 is 1.50 bits per heavy atom. The molecule has 0 heterocycles. The smallest absolute Gasteiger partial charge is 0.237 e. The lowest BCUT2D eigenvalue weighted by atomic mass is 9.85. The van der Waals surface area contributed by atoms with Gasteiger partial charge in [-0.3, -0.25) is 4.79 Å². The van der Waals surface area contributed by atoms with Crippen molar-refractivity contribution >= 4 is 5.91 Å². The quantitative estimate of drug-likeness (QED) is 0.730. The first-order valence-corrected chi connectivity index (χ1v) is 7.12. The molecule has 4 heteroatoms. The summed E-state index contributed by atoms with van der Waals surface area (Å²) in [5, 5.41) is 2.98. The lowest BCUT2D eigenvalue weighted by molar-refractivity contribution is -0.124. The van der Waals surface area contributed by atoms with E-state index in [2.05, 4.69) is 12.2 Å². The molecule has 3 unspecified atom stereocenters. The first-order chi connectivity index (χ1) is 8.51. The molecule has 0 aromatic heterocycles. The Kier molecular flexibility index (Phi) is 6.09. The molecule has 3 N–H and O–H groups in total. The van der Waals surface area contributed by atoms with Crippen molar-refractivity contribution in [3.8, 4) is 0 Å². The highest BCUT2D eigenvalue weighted by Crippen LogP contribution is 2.28. The molecule has 0 aromatic rings. The van der Waals surface area contributed by atoms with Crippen molar-refractivity contribution in [2.75, 3.05) is 13.7 Å². The van der Waals surface area contributed by atoms with E-state index in [4.69, 9.17) is 10.5 Å². The van der Waals surface area contributed by atoms with Crippen molar-refractivity contribution in [2.24, 2.45) is 11.7 Å². The molecule has 1 saturated carbocycles. The number of nitrogens with two attached hydrogens (primary N) is 1. The van der Waals surface area contributed by atoms with Gasteiger partial charge in [-0.1, -0.05) is 26.2 Å². The summed E-state index contributed by atoms with van der Waals surface area (Å²) < 4.78 is 5.91. The highest BCUT2D eigenvalue weighted by Gasteiger charge is 2.29. The Bertz CT molecular complexity index is 271. The number of rotatable bonds is 7. The molecule has 0 bridgehead atoms. The number of hydrogen-bond acceptors (Lipinski definition) is 3. The van der Waals surface area contributed by atoms with Crippen LogP contribution in [0.5, 0.6) is 0 Å². The van der Waals surface area contributed by atoms with Crippen molar-refractivity contribution in [1.29, 1.82) is 0 Å². The van der Waals surface area contributed by atoms with E-state index in [0.29, 0.717) is 19.1 Å². The maximum absolute atomic E-state index is 11.3. The minimum atomic E-state index is -0.654. The van der Waals surface area contributed by atoms with E-state index in [1.54, 1.807) is 7.05 Å². The molecule has 106 valence electrons. The van der Waals surface area contributed by atoms with Crippen LogP contribution in [0.2, 0.25) is 0 Å². The fraction of sp³-hybridized carbons (Fsp3) is 0.929. The van der Waals surface area contributed by atoms with Crippen LogP contribution in [0.15, 0.2) is 0 Å². The van der Waals surface area contributed by atoms with Gasteiger partial charge in [0.05, 0.1) is 11.6 Å². The third kappa shape index (κ3) is 4.25. The van der Waals surface area contributed by atoms with Gasteiger partial charge < -0.3 is 15.8 Å². The van der Waals surface area contributed by atoms with Crippen LogP contribution >= 0.6 is 0 Å². The monoisotopic (exact) mass is 256 g/mol. The zero-order valence-electron chi connectivity index (χ0n) is 12.0. The summed E-state index contributed by atoms with van der Waals surface area (Å²) in [4.78, 5) is 11.3. The molecular weight excluding hydrogens is 228 g/mol. The molecule has 0 aliphatic heterocycles. The van der Waals surface area contributed by atoms with Gasteiger partial charge in [-0.25, -0.2) is 0 Å². The van der Waals surface area contributed by atoms with Crippen molar-refractivity contribution in [3.63, 3.8) is 0 Å². The van der Waals surface area contributed by atoms with Gasteiger partial charge in [0, 0.05) is 6.61 Å². The molecule has 0 aromatic carbocycles. The minimum Gasteiger partial charge on any atom is -0.378 e. The van der Waals surface area contributed by atoms with Gasteiger partial charge in [0.15, 0.2) is 0 Å². The summed E-state index contributed by atoms with van der Waals surface area (Å²) in [5.74, 6) is 0.499. The topological polar surface area (TPSA) is 64.3 Å². The van der Waals surface area contributed by atoms with E-state index < -0.39 is 5.54 Å². The Morgan fingerprint density at radius 2 is 2.22 bits per heavy atom. The van der Waals surface area contributed by atoms with Crippen molar-refractivity contribution < 1.29 is 9.53 Å². The van der Waals surface area contributed by atoms with Crippen LogP contribution in [0, 0.1) is 5.92 Å². The molecule has 0 spiro atoms. The number of hydrogen-bond donors (Lipinski definition) is 2. The largest absolute Gasteiger partial charge is 0.378 e. The summed E-state index contributed by atoms with van der Waals surface area (Å²) in [6.45, 7) is 4.67. The number of primary amides is 1. The van der Waals surface area contributed by atoms with Crippen LogP contribution < -0.4 is 11.1 Å². The molecule has 0 saturated heterocycles. The maximum Gasteiger partial charge on any atom is 0.237 e. The van der Waals surface area contributed by atoms with Gasteiger partial charge in [-0.15, -0.1) is 0 Å². The highest BCUT2D eigenvalue weighted by molar-refractivity contribution is 5.84. The zero-order valence-corrected chi connectivity index (χ0v) is 12.0. The van der Waals surface area contributed by atoms with Gasteiger partial charge in [0.25, 0.3) is 0 Å². The number of carbonyl (C=O) groups is 1. The summed E-state index contributed by atoms with van der Waals surface area (Å²) in [7, 11) is 1.76. The minimum absolute atomic E-state index is 0.316. The molecular formula is C14H28N2O2. The fourth-order valence-corrected chi connectivity index (χ4v) is 2.56. The lowest BCUT2D eigenvalue weighted by Crippen LogP contribution is -2.52. The molecule has 1 rings (SSSR count). The second kappa shape index (κ2) is 7.10. The van der Waals surface area contributed by atoms with Crippen LogP contribution in [-0.4, -0.2) is 31.2 Å². The SMILES string of the molecule is CCC1CCCC(OCCC(C)(NC)C(N)=O)C1. The third-order valence-corrected chi connectivity index (χ3v) is 4.36. The van der Waals surface area contributed by atoms with Crippen LogP contribution in [0.3, 0.4) is 0 Å². The Labute approximate surface area is 111 Å². The Balaban J connectivity index is 2.30. The van der Waals surface area contributed by atoms with Crippen molar-refractivity contribution in [2.45, 2.75) is 64.0 Å². The fourth-order valence-electron chi connectivity index (χ4n) is 2.56. The number of amides is 1. The molecule has 1 aliphatic carbocycles. The summed E-state index contributed by atoms with van der Waals surface area (Å²) in [5.41, 5.74) is 4.73. The van der Waals surface area contributed by atoms with E-state index in [1.165, 1.54) is 25.7 Å². The number of likely N-dealkylation sites (N-methyl/N-ethyl adjacent to an activating group) is 1. The van der Waals surface area contributed by atoms with E-state index in [9.17, 15) is 4.79 Å². The molecule has 18 heavy (non-hydrogen) atoms. The van der Waals surface area contributed by atoms with E-state index in [0.717, 1.165) is 12.3 Å². The van der Waals surface area contributed by atoms with Crippen LogP contribution in [0.4, 0.5) is 0 Å². The molecule has 4 nitrogen and oxygen atoms in total. The maximum atomic E-state index is 11.3. The first-order valence-electron chi connectivity index (χ1n) is 7.12. The zero-order chi connectivity index (χ0) is 13.6. The van der Waals surface area contributed by atoms with Crippen LogP contribution in [-0.2, 0) is 9.53 Å². The van der Waals surface area contributed by atoms with Crippen LogP contribution in [0.25, 0.3) is 0 Å². The van der Waals surface area contributed by atoms with E-state index in [-0.39, 0.29) is 5.91 Å². The highest BCUT2D eigenvalue weighted by atomic mass is 16.5. The molecule has 0 radical (unpaired) electrons. The number of ether oxygens (including phenoxy) is 1. The standard InChI is InChI=1S/C14H28N2O2/c1-4-11-6-5-7-12(10-11)18-9-8-14(2,16-3)13(15)17/h11-12,16H,4-10H2,1-3H3,(H2,15,17). The molecule has 1 amide bonds. The average Bonchev–Trinajstić information content (AvgIpc) is 2.38. The Hall–Kier alpha value is -0.610. The molecule has 1 fully saturated rings. The van der Waals surface area contributed by atoms with Crippen molar-refractivity contribution in [1.82, 2.24) is 5.32 Å². The molecule has 1 aliphatic rings. The summed E-state index contributed by atoms with van der Waals surface area (Å²) in [6, 6.07) is 0. The normalized spacial score (nSPS) is 27.7. The second-order valence-corrected chi connectivity index (χ2v) is 5.63. The second-order valence-electron chi connectivity index (χ2n) is 5.63. The van der Waals surface area contributed by atoms with Crippen molar-refractivity contribution in [3.05, 3.63) is 0 Å². The average molecular weight is 256 g/mol. The van der Waals surface area contributed by atoms with Gasteiger partial charge in [0.1, 0.15) is 0 Å². The van der Waals surface area contributed by atoms with E-state index in [1.807, 2.05) is 6.92 Å². The number of carbonyl (C=O) groups excluding carboxylic acids is 1. The first kappa shape index (κ1) is 15.4. The van der Waals surface area contributed by atoms with E-state index >= 15 is 0 Å². The summed E-state index contributed by atoms with van der Waals surface area (Å²) in [6.07, 6.45) is 7.18. The van der Waals surface area contributed by atoms with Gasteiger partial charge in [0.2, 0.25) is 5.91 Å². The van der Waals surface area contributed by atoms with Crippen LogP contribution in [0.1, 0.15) is 52.4 Å². The Morgan fingerprint density at radius 3 is 2.78 bits per heavy atom. The molecule has 3 atom stereocenters. The lowest BCUT2D eigenvalue weighted by Gasteiger charge is -2.30. The van der Waals surface area contributed by atoms with Gasteiger partial charge in [-0.05, 0) is 39.2 Å².